The number of rotatable bonds is 2. The third kappa shape index (κ3) is 2.43. The van der Waals surface area contributed by atoms with Gasteiger partial charge in [0, 0.05) is 11.6 Å². The number of anilines is 1. The average molecular weight is 278 g/mol. The first-order chi connectivity index (χ1) is 9.22. The number of hydrogen-bond donors (Lipinski definition) is 1. The summed E-state index contributed by atoms with van der Waals surface area (Å²) < 4.78 is 10.4. The van der Waals surface area contributed by atoms with E-state index in [1.807, 2.05) is 0 Å². The van der Waals surface area contributed by atoms with Crippen LogP contribution in [0.15, 0.2) is 30.6 Å². The number of benzene rings is 1. The molecule has 7 heteroatoms. The summed E-state index contributed by atoms with van der Waals surface area (Å²) in [6, 6.07) is 6.41. The number of halogens is 1. The Labute approximate surface area is 113 Å². The second kappa shape index (κ2) is 4.74. The number of amides is 1. The molecule has 1 aliphatic rings. The predicted molar refractivity (Wildman–Crippen MR) is 67.6 cm³/mol. The van der Waals surface area contributed by atoms with Gasteiger partial charge in [0.2, 0.25) is 6.79 Å². The molecule has 0 atom stereocenters. The number of carbonyl (C=O) groups is 1. The van der Waals surface area contributed by atoms with Gasteiger partial charge in [-0.1, -0.05) is 11.6 Å². The molecular weight excluding hydrogens is 270 g/mol. The lowest BCUT2D eigenvalue weighted by Crippen LogP contribution is -2.12. The molecule has 3 rings (SSSR count). The lowest BCUT2D eigenvalue weighted by atomic mass is 10.2. The molecule has 1 aromatic heterocycles. The van der Waals surface area contributed by atoms with E-state index >= 15 is 0 Å². The molecule has 0 aliphatic carbocycles. The van der Waals surface area contributed by atoms with E-state index < -0.39 is 0 Å². The van der Waals surface area contributed by atoms with Crippen LogP contribution in [0.2, 0.25) is 5.15 Å². The van der Waals surface area contributed by atoms with E-state index in [1.54, 1.807) is 18.2 Å². The van der Waals surface area contributed by atoms with Gasteiger partial charge < -0.3 is 14.8 Å². The van der Waals surface area contributed by atoms with Crippen molar-refractivity contribution in [3.8, 4) is 11.5 Å². The SMILES string of the molecule is O=C(Nc1cc(Cl)ncn1)c1ccc2c(c1)OCO2. The number of aromatic nitrogens is 2. The highest BCUT2D eigenvalue weighted by atomic mass is 35.5. The Balaban J connectivity index is 1.81. The standard InChI is InChI=1S/C12H8ClN3O3/c13-10-4-11(15-5-14-10)16-12(17)7-1-2-8-9(3-7)19-6-18-8/h1-5H,6H2,(H,14,15,16,17). The molecule has 96 valence electrons. The molecule has 0 saturated heterocycles. The van der Waals surface area contributed by atoms with Crippen molar-refractivity contribution in [2.45, 2.75) is 0 Å². The van der Waals surface area contributed by atoms with E-state index in [0.717, 1.165) is 0 Å². The summed E-state index contributed by atoms with van der Waals surface area (Å²) in [7, 11) is 0. The normalized spacial score (nSPS) is 12.3. The fraction of sp³-hybridized carbons (Fsp3) is 0.0833. The van der Waals surface area contributed by atoms with Gasteiger partial charge in [-0.25, -0.2) is 9.97 Å². The first-order valence-corrected chi connectivity index (χ1v) is 5.79. The molecule has 2 heterocycles. The highest BCUT2D eigenvalue weighted by Gasteiger charge is 2.16. The van der Waals surface area contributed by atoms with E-state index in [9.17, 15) is 4.79 Å². The van der Waals surface area contributed by atoms with Crippen LogP contribution in [0.4, 0.5) is 5.82 Å². The maximum absolute atomic E-state index is 12.0. The molecule has 0 spiro atoms. The van der Waals surface area contributed by atoms with Crippen LogP contribution in [0.5, 0.6) is 11.5 Å². The van der Waals surface area contributed by atoms with E-state index in [1.165, 1.54) is 12.4 Å². The third-order valence-corrected chi connectivity index (χ3v) is 2.72. The molecule has 19 heavy (non-hydrogen) atoms. The lowest BCUT2D eigenvalue weighted by molar-refractivity contribution is 0.102. The molecule has 0 radical (unpaired) electrons. The van der Waals surface area contributed by atoms with Crippen LogP contribution in [-0.4, -0.2) is 22.7 Å². The molecule has 0 unspecified atom stereocenters. The largest absolute Gasteiger partial charge is 0.454 e. The second-order valence-electron chi connectivity index (χ2n) is 3.75. The van der Waals surface area contributed by atoms with Crippen LogP contribution in [0.25, 0.3) is 0 Å². The topological polar surface area (TPSA) is 73.3 Å². The van der Waals surface area contributed by atoms with Crippen molar-refractivity contribution in [1.29, 1.82) is 0 Å². The summed E-state index contributed by atoms with van der Waals surface area (Å²) in [4.78, 5) is 19.6. The van der Waals surface area contributed by atoms with Crippen LogP contribution in [0, 0.1) is 0 Å². The van der Waals surface area contributed by atoms with Crippen molar-refractivity contribution >= 4 is 23.3 Å². The van der Waals surface area contributed by atoms with Gasteiger partial charge in [-0.05, 0) is 18.2 Å². The van der Waals surface area contributed by atoms with Crippen molar-refractivity contribution < 1.29 is 14.3 Å². The molecule has 1 aliphatic heterocycles. The fourth-order valence-electron chi connectivity index (χ4n) is 1.63. The number of fused-ring (bicyclic) bond motifs is 1. The van der Waals surface area contributed by atoms with Gasteiger partial charge in [0.1, 0.15) is 17.3 Å². The van der Waals surface area contributed by atoms with Crippen LogP contribution in [0.3, 0.4) is 0 Å². The van der Waals surface area contributed by atoms with Crippen LogP contribution in [0.1, 0.15) is 10.4 Å². The van der Waals surface area contributed by atoms with Gasteiger partial charge in [0.25, 0.3) is 5.91 Å². The molecule has 1 N–H and O–H groups in total. The Bertz CT molecular complexity index is 648. The Hall–Kier alpha value is -2.34. The maximum Gasteiger partial charge on any atom is 0.256 e. The van der Waals surface area contributed by atoms with Crippen molar-refractivity contribution in [1.82, 2.24) is 9.97 Å². The van der Waals surface area contributed by atoms with Crippen LogP contribution in [-0.2, 0) is 0 Å². The number of nitrogens with one attached hydrogen (secondary N) is 1. The third-order valence-electron chi connectivity index (χ3n) is 2.51. The zero-order chi connectivity index (χ0) is 13.2. The second-order valence-corrected chi connectivity index (χ2v) is 4.14. The molecule has 1 amide bonds. The number of hydrogen-bond acceptors (Lipinski definition) is 5. The zero-order valence-electron chi connectivity index (χ0n) is 9.59. The van der Waals surface area contributed by atoms with Gasteiger partial charge in [-0.15, -0.1) is 0 Å². The number of ether oxygens (including phenoxy) is 2. The Kier molecular flexibility index (Phi) is 2.92. The minimum Gasteiger partial charge on any atom is -0.454 e. The smallest absolute Gasteiger partial charge is 0.256 e. The molecule has 2 aromatic rings. The summed E-state index contributed by atoms with van der Waals surface area (Å²) in [6.07, 6.45) is 1.28. The van der Waals surface area contributed by atoms with Gasteiger partial charge in [-0.3, -0.25) is 4.79 Å². The first kappa shape index (κ1) is 11.7. The molecule has 0 fully saturated rings. The van der Waals surface area contributed by atoms with Gasteiger partial charge in [0.05, 0.1) is 0 Å². The van der Waals surface area contributed by atoms with Crippen LogP contribution < -0.4 is 14.8 Å². The summed E-state index contributed by atoms with van der Waals surface area (Å²) in [5.41, 5.74) is 0.444. The Morgan fingerprint density at radius 3 is 2.89 bits per heavy atom. The molecule has 0 saturated carbocycles. The quantitative estimate of drug-likeness (QED) is 0.851. The van der Waals surface area contributed by atoms with E-state index in [2.05, 4.69) is 15.3 Å². The monoisotopic (exact) mass is 277 g/mol. The van der Waals surface area contributed by atoms with Crippen molar-refractivity contribution in [3.63, 3.8) is 0 Å². The number of nitrogens with zero attached hydrogens (tertiary/aromatic N) is 2. The summed E-state index contributed by atoms with van der Waals surface area (Å²) in [6.45, 7) is 0.169. The molecular formula is C12H8ClN3O3. The summed E-state index contributed by atoms with van der Waals surface area (Å²) in [5, 5.41) is 2.88. The van der Waals surface area contributed by atoms with Gasteiger partial charge in [0.15, 0.2) is 11.5 Å². The molecule has 1 aromatic carbocycles. The van der Waals surface area contributed by atoms with Gasteiger partial charge in [-0.2, -0.15) is 0 Å². The number of carbonyl (C=O) groups excluding carboxylic acids is 1. The Morgan fingerprint density at radius 1 is 1.21 bits per heavy atom. The summed E-state index contributed by atoms with van der Waals surface area (Å²) >= 11 is 5.71. The molecule has 6 nitrogen and oxygen atoms in total. The van der Waals surface area contributed by atoms with Gasteiger partial charge >= 0.3 is 0 Å². The van der Waals surface area contributed by atoms with Crippen molar-refractivity contribution in [2.75, 3.05) is 12.1 Å². The van der Waals surface area contributed by atoms with Crippen molar-refractivity contribution in [3.05, 3.63) is 41.3 Å². The van der Waals surface area contributed by atoms with E-state index in [-0.39, 0.29) is 17.9 Å². The lowest BCUT2D eigenvalue weighted by Gasteiger charge is -2.05. The highest BCUT2D eigenvalue weighted by molar-refractivity contribution is 6.29. The minimum absolute atomic E-state index is 0.169. The predicted octanol–water partition coefficient (Wildman–Crippen LogP) is 2.11. The van der Waals surface area contributed by atoms with E-state index in [4.69, 9.17) is 21.1 Å². The summed E-state index contributed by atoms with van der Waals surface area (Å²) in [5.74, 6) is 1.20. The first-order valence-electron chi connectivity index (χ1n) is 5.41. The average Bonchev–Trinajstić information content (AvgIpc) is 2.85. The maximum atomic E-state index is 12.0. The highest BCUT2D eigenvalue weighted by Crippen LogP contribution is 2.32. The van der Waals surface area contributed by atoms with Crippen LogP contribution >= 0.6 is 11.6 Å². The van der Waals surface area contributed by atoms with Crippen molar-refractivity contribution in [2.24, 2.45) is 0 Å². The fourth-order valence-corrected chi connectivity index (χ4v) is 1.78. The molecule has 0 bridgehead atoms. The Morgan fingerprint density at radius 2 is 2.05 bits per heavy atom. The zero-order valence-corrected chi connectivity index (χ0v) is 10.3. The van der Waals surface area contributed by atoms with E-state index in [0.29, 0.717) is 22.9 Å². The minimum atomic E-state index is -0.312.